The Morgan fingerprint density at radius 2 is 1.89 bits per heavy atom. The zero-order chi connectivity index (χ0) is 13.6. The number of fused-ring (bicyclic) bond motifs is 1. The fourth-order valence-corrected chi connectivity index (χ4v) is 3.59. The molecule has 1 saturated heterocycles. The summed E-state index contributed by atoms with van der Waals surface area (Å²) in [4.78, 5) is 5.04. The van der Waals surface area contributed by atoms with Gasteiger partial charge in [0.15, 0.2) is 0 Å². The smallest absolute Gasteiger partial charge is 0.0428 e. The number of hydrogen-bond donors (Lipinski definition) is 1. The Bertz CT molecular complexity index is 473. The maximum atomic E-state index is 6.00. The molecule has 0 amide bonds. The first-order valence-corrected chi connectivity index (χ1v) is 7.32. The lowest BCUT2D eigenvalue weighted by Crippen LogP contribution is -2.44. The number of hydrogen-bond acceptors (Lipinski definition) is 3. The van der Waals surface area contributed by atoms with Gasteiger partial charge in [0.1, 0.15) is 0 Å². The second kappa shape index (κ2) is 4.41. The van der Waals surface area contributed by atoms with Crippen LogP contribution in [0, 0.1) is 0 Å². The average Bonchev–Trinajstić information content (AvgIpc) is 2.62. The molecule has 0 aromatic heterocycles. The monoisotopic (exact) mass is 259 g/mol. The fraction of sp³-hybridized carbons (Fsp3) is 0.625. The molecule has 0 radical (unpaired) electrons. The van der Waals surface area contributed by atoms with Gasteiger partial charge in [-0.05, 0) is 50.7 Å². The van der Waals surface area contributed by atoms with Crippen LogP contribution in [0.1, 0.15) is 32.3 Å². The van der Waals surface area contributed by atoms with Crippen molar-refractivity contribution < 1.29 is 0 Å². The number of nitrogen functional groups attached to an aromatic ring is 1. The molecule has 19 heavy (non-hydrogen) atoms. The quantitative estimate of drug-likeness (QED) is 0.786. The topological polar surface area (TPSA) is 32.5 Å². The molecule has 1 aromatic rings. The van der Waals surface area contributed by atoms with Crippen molar-refractivity contribution in [3.05, 3.63) is 23.8 Å². The zero-order valence-electron chi connectivity index (χ0n) is 12.3. The molecule has 3 rings (SSSR count). The number of piperidine rings is 1. The second-order valence-corrected chi connectivity index (χ2v) is 6.82. The van der Waals surface area contributed by atoms with Crippen LogP contribution in [0.3, 0.4) is 0 Å². The van der Waals surface area contributed by atoms with Gasteiger partial charge < -0.3 is 15.5 Å². The standard InChI is InChI=1S/C16H25N3/c1-16(2)11-19(13-6-8-18(3)9-7-13)15-10-12(17)4-5-14(15)16/h4-5,10,13H,6-9,11,17H2,1-3H3. The van der Waals surface area contributed by atoms with Gasteiger partial charge in [-0.25, -0.2) is 0 Å². The summed E-state index contributed by atoms with van der Waals surface area (Å²) in [5.74, 6) is 0. The molecule has 0 unspecified atom stereocenters. The van der Waals surface area contributed by atoms with E-state index in [-0.39, 0.29) is 5.41 Å². The van der Waals surface area contributed by atoms with Crippen molar-refractivity contribution in [1.29, 1.82) is 0 Å². The Morgan fingerprint density at radius 3 is 2.58 bits per heavy atom. The lowest BCUT2D eigenvalue weighted by molar-refractivity contribution is 0.248. The molecule has 3 nitrogen and oxygen atoms in total. The molecule has 1 fully saturated rings. The lowest BCUT2D eigenvalue weighted by Gasteiger charge is -2.37. The first kappa shape index (κ1) is 12.8. The summed E-state index contributed by atoms with van der Waals surface area (Å²) in [7, 11) is 2.22. The van der Waals surface area contributed by atoms with Crippen LogP contribution in [0.5, 0.6) is 0 Å². The average molecular weight is 259 g/mol. The summed E-state index contributed by atoms with van der Waals surface area (Å²) in [6, 6.07) is 7.11. The van der Waals surface area contributed by atoms with E-state index in [4.69, 9.17) is 5.73 Å². The highest BCUT2D eigenvalue weighted by Crippen LogP contribution is 2.43. The van der Waals surface area contributed by atoms with E-state index in [1.807, 2.05) is 6.07 Å². The summed E-state index contributed by atoms with van der Waals surface area (Å²) in [5, 5.41) is 0. The van der Waals surface area contributed by atoms with Crippen molar-refractivity contribution in [2.75, 3.05) is 37.3 Å². The molecule has 2 aliphatic rings. The van der Waals surface area contributed by atoms with E-state index < -0.39 is 0 Å². The van der Waals surface area contributed by atoms with E-state index in [9.17, 15) is 0 Å². The minimum atomic E-state index is 0.242. The van der Waals surface area contributed by atoms with Crippen LogP contribution < -0.4 is 10.6 Å². The molecule has 2 aliphatic heterocycles. The summed E-state index contributed by atoms with van der Waals surface area (Å²) in [5.41, 5.74) is 9.96. The predicted octanol–water partition coefficient (Wildman–Crippen LogP) is 2.46. The van der Waals surface area contributed by atoms with E-state index in [0.717, 1.165) is 12.2 Å². The van der Waals surface area contributed by atoms with Gasteiger partial charge in [0.25, 0.3) is 0 Å². The third kappa shape index (κ3) is 2.20. The highest BCUT2D eigenvalue weighted by atomic mass is 15.2. The van der Waals surface area contributed by atoms with Gasteiger partial charge in [0.05, 0.1) is 0 Å². The van der Waals surface area contributed by atoms with Crippen LogP contribution in [-0.4, -0.2) is 37.6 Å². The molecule has 0 saturated carbocycles. The maximum absolute atomic E-state index is 6.00. The van der Waals surface area contributed by atoms with E-state index in [2.05, 4.69) is 42.8 Å². The van der Waals surface area contributed by atoms with Crippen molar-refractivity contribution in [3.63, 3.8) is 0 Å². The van der Waals surface area contributed by atoms with Crippen LogP contribution in [0.25, 0.3) is 0 Å². The van der Waals surface area contributed by atoms with Gasteiger partial charge in [-0.15, -0.1) is 0 Å². The van der Waals surface area contributed by atoms with E-state index in [1.54, 1.807) is 0 Å². The van der Waals surface area contributed by atoms with Gasteiger partial charge in [-0.3, -0.25) is 0 Å². The van der Waals surface area contributed by atoms with Crippen LogP contribution in [0.4, 0.5) is 11.4 Å². The fourth-order valence-electron chi connectivity index (χ4n) is 3.59. The predicted molar refractivity (Wildman–Crippen MR) is 81.7 cm³/mol. The van der Waals surface area contributed by atoms with Crippen LogP contribution >= 0.6 is 0 Å². The Labute approximate surface area is 116 Å². The molecular formula is C16H25N3. The third-order valence-electron chi connectivity index (χ3n) is 4.75. The van der Waals surface area contributed by atoms with Crippen LogP contribution in [-0.2, 0) is 5.41 Å². The van der Waals surface area contributed by atoms with Gasteiger partial charge in [-0.1, -0.05) is 19.9 Å². The molecule has 3 heteroatoms. The zero-order valence-corrected chi connectivity index (χ0v) is 12.3. The second-order valence-electron chi connectivity index (χ2n) is 6.82. The first-order chi connectivity index (χ1) is 8.97. The number of likely N-dealkylation sites (tertiary alicyclic amines) is 1. The Kier molecular flexibility index (Phi) is 2.97. The van der Waals surface area contributed by atoms with Gasteiger partial charge in [0.2, 0.25) is 0 Å². The molecule has 0 bridgehead atoms. The molecular weight excluding hydrogens is 234 g/mol. The van der Waals surface area contributed by atoms with Gasteiger partial charge in [-0.2, -0.15) is 0 Å². The maximum Gasteiger partial charge on any atom is 0.0428 e. The first-order valence-electron chi connectivity index (χ1n) is 7.32. The lowest BCUT2D eigenvalue weighted by atomic mass is 9.87. The van der Waals surface area contributed by atoms with Crippen LogP contribution in [0.2, 0.25) is 0 Å². The number of nitrogens with zero attached hydrogens (tertiary/aromatic N) is 2. The molecule has 0 atom stereocenters. The molecule has 0 spiro atoms. The van der Waals surface area contributed by atoms with Crippen molar-refractivity contribution >= 4 is 11.4 Å². The number of benzene rings is 1. The summed E-state index contributed by atoms with van der Waals surface area (Å²) in [6.45, 7) is 8.23. The van der Waals surface area contributed by atoms with Gasteiger partial charge >= 0.3 is 0 Å². The molecule has 2 N–H and O–H groups in total. The summed E-state index contributed by atoms with van der Waals surface area (Å²) >= 11 is 0. The number of rotatable bonds is 1. The number of anilines is 2. The minimum absolute atomic E-state index is 0.242. The molecule has 2 heterocycles. The van der Waals surface area contributed by atoms with Gasteiger partial charge in [0, 0.05) is 29.4 Å². The van der Waals surface area contributed by atoms with Crippen molar-refractivity contribution in [1.82, 2.24) is 4.90 Å². The van der Waals surface area contributed by atoms with E-state index >= 15 is 0 Å². The Hall–Kier alpha value is -1.22. The molecule has 0 aliphatic carbocycles. The van der Waals surface area contributed by atoms with E-state index in [1.165, 1.54) is 37.2 Å². The Morgan fingerprint density at radius 1 is 1.21 bits per heavy atom. The normalized spacial score (nSPS) is 23.6. The Balaban J connectivity index is 1.91. The van der Waals surface area contributed by atoms with Crippen LogP contribution in [0.15, 0.2) is 18.2 Å². The van der Waals surface area contributed by atoms with Crippen molar-refractivity contribution in [2.45, 2.75) is 38.1 Å². The third-order valence-corrected chi connectivity index (χ3v) is 4.75. The minimum Gasteiger partial charge on any atom is -0.399 e. The molecule has 1 aromatic carbocycles. The molecule has 104 valence electrons. The highest BCUT2D eigenvalue weighted by Gasteiger charge is 2.38. The highest BCUT2D eigenvalue weighted by molar-refractivity contribution is 5.68. The summed E-state index contributed by atoms with van der Waals surface area (Å²) < 4.78 is 0. The van der Waals surface area contributed by atoms with Crippen molar-refractivity contribution in [2.24, 2.45) is 0 Å². The van der Waals surface area contributed by atoms with E-state index in [0.29, 0.717) is 6.04 Å². The van der Waals surface area contributed by atoms with Crippen molar-refractivity contribution in [3.8, 4) is 0 Å². The largest absolute Gasteiger partial charge is 0.399 e. The summed E-state index contributed by atoms with van der Waals surface area (Å²) in [6.07, 6.45) is 2.53. The number of nitrogens with two attached hydrogens (primary N) is 1. The SMILES string of the molecule is CN1CCC(N2CC(C)(C)c3ccc(N)cc32)CC1.